The molecule has 2 aromatic rings. The number of likely N-dealkylation sites (tertiary alicyclic amines) is 1. The van der Waals surface area contributed by atoms with Crippen molar-refractivity contribution in [1.82, 2.24) is 24.8 Å². The first-order chi connectivity index (χ1) is 15.9. The van der Waals surface area contributed by atoms with Crippen LogP contribution in [-0.2, 0) is 4.79 Å². The van der Waals surface area contributed by atoms with Crippen LogP contribution in [-0.4, -0.2) is 69.7 Å². The number of fused-ring (bicyclic) bond motifs is 1. The van der Waals surface area contributed by atoms with E-state index in [0.29, 0.717) is 6.42 Å². The normalized spacial score (nSPS) is 23.3. The molecule has 4 heterocycles. The van der Waals surface area contributed by atoms with Crippen molar-refractivity contribution in [3.05, 3.63) is 23.5 Å². The van der Waals surface area contributed by atoms with Crippen molar-refractivity contribution in [3.63, 3.8) is 0 Å². The van der Waals surface area contributed by atoms with Crippen LogP contribution in [0.1, 0.15) is 69.7 Å². The zero-order chi connectivity index (χ0) is 23.5. The van der Waals surface area contributed by atoms with Crippen molar-refractivity contribution in [2.75, 3.05) is 31.1 Å². The number of piperidine rings is 1. The molecular formula is C24H40N8O. The number of nitrogens with zero attached hydrogens (tertiary/aromatic N) is 5. The van der Waals surface area contributed by atoms with Crippen LogP contribution in [0.3, 0.4) is 0 Å². The third-order valence-electron chi connectivity index (χ3n) is 6.82. The molecular weight excluding hydrogens is 416 g/mol. The van der Waals surface area contributed by atoms with Crippen LogP contribution in [0.5, 0.6) is 0 Å². The van der Waals surface area contributed by atoms with E-state index >= 15 is 0 Å². The highest BCUT2D eigenvalue weighted by atomic mass is 16.2. The van der Waals surface area contributed by atoms with Gasteiger partial charge in [-0.15, -0.1) is 0 Å². The van der Waals surface area contributed by atoms with E-state index in [1.54, 1.807) is 0 Å². The fourth-order valence-electron chi connectivity index (χ4n) is 5.15. The van der Waals surface area contributed by atoms with Gasteiger partial charge in [-0.05, 0) is 58.9 Å². The van der Waals surface area contributed by atoms with Gasteiger partial charge in [0.15, 0.2) is 5.65 Å². The Morgan fingerprint density at radius 2 is 2.12 bits per heavy atom. The highest BCUT2D eigenvalue weighted by Crippen LogP contribution is 2.32. The summed E-state index contributed by atoms with van der Waals surface area (Å²) in [7, 11) is 0. The van der Waals surface area contributed by atoms with E-state index in [1.165, 1.54) is 0 Å². The van der Waals surface area contributed by atoms with Crippen LogP contribution in [0.4, 0.5) is 5.82 Å². The molecule has 33 heavy (non-hydrogen) atoms. The van der Waals surface area contributed by atoms with Crippen molar-refractivity contribution in [1.29, 1.82) is 0 Å². The minimum atomic E-state index is -0.256. The predicted octanol–water partition coefficient (Wildman–Crippen LogP) is 1.73. The van der Waals surface area contributed by atoms with Gasteiger partial charge in [-0.2, -0.15) is 5.10 Å². The summed E-state index contributed by atoms with van der Waals surface area (Å²) in [5, 5.41) is 8.29. The lowest BCUT2D eigenvalue weighted by Crippen LogP contribution is -2.51. The molecule has 4 atom stereocenters. The summed E-state index contributed by atoms with van der Waals surface area (Å²) in [6.07, 6.45) is 7.67. The molecule has 2 fully saturated rings. The lowest BCUT2D eigenvalue weighted by molar-refractivity contribution is -0.137. The number of aromatic nitrogens is 3. The highest BCUT2D eigenvalue weighted by Gasteiger charge is 2.34. The number of hydrogen-bond donors (Lipinski definition) is 3. The largest absolute Gasteiger partial charge is 0.355 e. The van der Waals surface area contributed by atoms with Gasteiger partial charge in [0, 0.05) is 49.5 Å². The van der Waals surface area contributed by atoms with E-state index in [0.717, 1.165) is 81.0 Å². The monoisotopic (exact) mass is 456 g/mol. The van der Waals surface area contributed by atoms with Gasteiger partial charge in [-0.3, -0.25) is 4.79 Å². The van der Waals surface area contributed by atoms with Crippen molar-refractivity contribution < 1.29 is 4.79 Å². The van der Waals surface area contributed by atoms with Gasteiger partial charge >= 0.3 is 0 Å². The highest BCUT2D eigenvalue weighted by molar-refractivity contribution is 5.82. The molecule has 2 aromatic heterocycles. The van der Waals surface area contributed by atoms with Gasteiger partial charge in [0.1, 0.15) is 5.82 Å². The Labute approximate surface area is 196 Å². The Bertz CT molecular complexity index is 957. The number of carbonyl (C=O) groups excluding carboxylic acids is 1. The first kappa shape index (κ1) is 23.9. The van der Waals surface area contributed by atoms with E-state index in [9.17, 15) is 4.79 Å². The quantitative estimate of drug-likeness (QED) is 0.554. The summed E-state index contributed by atoms with van der Waals surface area (Å²) < 4.78 is 1.86. The molecule has 0 aliphatic carbocycles. The van der Waals surface area contributed by atoms with Crippen LogP contribution in [0.2, 0.25) is 0 Å². The first-order valence-electron chi connectivity index (χ1n) is 12.5. The van der Waals surface area contributed by atoms with E-state index < -0.39 is 0 Å². The second-order valence-corrected chi connectivity index (χ2v) is 9.88. The summed E-state index contributed by atoms with van der Waals surface area (Å²) in [5.41, 5.74) is 15.0. The minimum Gasteiger partial charge on any atom is -0.355 e. The summed E-state index contributed by atoms with van der Waals surface area (Å²) in [4.78, 5) is 22.8. The molecule has 0 spiro atoms. The minimum absolute atomic E-state index is 0.0316. The predicted molar refractivity (Wildman–Crippen MR) is 131 cm³/mol. The molecule has 9 heteroatoms. The second-order valence-electron chi connectivity index (χ2n) is 9.88. The van der Waals surface area contributed by atoms with Crippen molar-refractivity contribution >= 4 is 17.4 Å². The molecule has 0 aromatic carbocycles. The standard InChI is InChI=1S/C24H40N8O/c1-4-9-27-20(12-17(3)25)24(33)31-10-6-5-7-21(31)19-13-22-28-23(16(2)14-32(22)29-19)30-11-8-18(26)15-30/h13-14,17-18,20-21,27H,4-12,15,25-26H2,1-3H3/t17?,18-,20?,21-/m0/s1. The van der Waals surface area contributed by atoms with Crippen molar-refractivity contribution in [3.8, 4) is 0 Å². The molecule has 2 aliphatic rings. The van der Waals surface area contributed by atoms with E-state index in [-0.39, 0.29) is 30.1 Å². The van der Waals surface area contributed by atoms with E-state index in [1.807, 2.05) is 22.5 Å². The number of aryl methyl sites for hydroxylation is 1. The lowest BCUT2D eigenvalue weighted by atomic mass is 9.97. The van der Waals surface area contributed by atoms with Crippen LogP contribution in [0.25, 0.3) is 5.65 Å². The van der Waals surface area contributed by atoms with Gasteiger partial charge in [-0.1, -0.05) is 6.92 Å². The third kappa shape index (κ3) is 5.31. The van der Waals surface area contributed by atoms with E-state index in [2.05, 4.69) is 30.1 Å². The lowest BCUT2D eigenvalue weighted by Gasteiger charge is -2.37. The molecule has 182 valence electrons. The average molecular weight is 457 g/mol. The Kier molecular flexibility index (Phi) is 7.51. The molecule has 1 amide bonds. The average Bonchev–Trinajstić information content (AvgIpc) is 3.41. The summed E-state index contributed by atoms with van der Waals surface area (Å²) >= 11 is 0. The van der Waals surface area contributed by atoms with Crippen LogP contribution < -0.4 is 21.7 Å². The van der Waals surface area contributed by atoms with Gasteiger partial charge in [0.2, 0.25) is 5.91 Å². The third-order valence-corrected chi connectivity index (χ3v) is 6.82. The van der Waals surface area contributed by atoms with Crippen LogP contribution in [0.15, 0.2) is 12.3 Å². The number of amides is 1. The summed E-state index contributed by atoms with van der Waals surface area (Å²) in [6.45, 7) is 9.47. The maximum Gasteiger partial charge on any atom is 0.240 e. The Morgan fingerprint density at radius 1 is 1.30 bits per heavy atom. The number of anilines is 1. The molecule has 2 unspecified atom stereocenters. The number of rotatable bonds is 8. The molecule has 9 nitrogen and oxygen atoms in total. The van der Waals surface area contributed by atoms with E-state index in [4.69, 9.17) is 21.5 Å². The Morgan fingerprint density at radius 3 is 2.82 bits per heavy atom. The fraction of sp³-hybridized carbons (Fsp3) is 0.708. The molecule has 0 bridgehead atoms. The topological polar surface area (TPSA) is 118 Å². The molecule has 2 aliphatic heterocycles. The molecule has 0 radical (unpaired) electrons. The maximum atomic E-state index is 13.6. The van der Waals surface area contributed by atoms with Gasteiger partial charge < -0.3 is 26.6 Å². The Balaban J connectivity index is 1.60. The summed E-state index contributed by atoms with van der Waals surface area (Å²) in [6, 6.07) is 1.93. The first-order valence-corrected chi connectivity index (χ1v) is 12.5. The number of carbonyl (C=O) groups is 1. The second kappa shape index (κ2) is 10.4. The zero-order valence-electron chi connectivity index (χ0n) is 20.3. The van der Waals surface area contributed by atoms with Crippen molar-refractivity contribution in [2.24, 2.45) is 11.5 Å². The molecule has 4 rings (SSSR count). The van der Waals surface area contributed by atoms with Gasteiger partial charge in [-0.25, -0.2) is 9.50 Å². The number of nitrogens with two attached hydrogens (primary N) is 2. The Hall–Kier alpha value is -2.23. The van der Waals surface area contributed by atoms with Gasteiger partial charge in [0.25, 0.3) is 0 Å². The van der Waals surface area contributed by atoms with Crippen LogP contribution in [0, 0.1) is 6.92 Å². The van der Waals surface area contributed by atoms with Crippen LogP contribution >= 0.6 is 0 Å². The SMILES string of the molecule is CCCNC(CC(C)N)C(=O)N1CCCC[C@H]1c1cc2nc(N3CC[C@H](N)C3)c(C)cn2n1. The van der Waals surface area contributed by atoms with Crippen molar-refractivity contribution in [2.45, 2.75) is 83.5 Å². The zero-order valence-corrected chi connectivity index (χ0v) is 20.3. The fourth-order valence-corrected chi connectivity index (χ4v) is 5.15. The molecule has 2 saturated heterocycles. The molecule has 5 N–H and O–H groups in total. The summed E-state index contributed by atoms with van der Waals surface area (Å²) in [5.74, 6) is 1.12. The maximum absolute atomic E-state index is 13.6. The number of hydrogen-bond acceptors (Lipinski definition) is 7. The smallest absolute Gasteiger partial charge is 0.240 e. The van der Waals surface area contributed by atoms with Gasteiger partial charge in [0.05, 0.1) is 17.8 Å². The molecule has 0 saturated carbocycles. The number of nitrogens with one attached hydrogen (secondary N) is 1.